The number of aromatic nitrogens is 1. The summed E-state index contributed by atoms with van der Waals surface area (Å²) < 4.78 is 0. The van der Waals surface area contributed by atoms with Gasteiger partial charge in [-0.2, -0.15) is 0 Å². The molecule has 0 aromatic carbocycles. The first-order valence-electron chi connectivity index (χ1n) is 10.6. The Kier molecular flexibility index (Phi) is 3.86. The maximum absolute atomic E-state index is 9.22. The molecule has 2 fully saturated rings. The molecule has 3 nitrogen and oxygen atoms in total. The van der Waals surface area contributed by atoms with Gasteiger partial charge in [0.15, 0.2) is 0 Å². The Morgan fingerprint density at radius 3 is 2.78 bits per heavy atom. The molecule has 0 aliphatic heterocycles. The number of nitrogens with zero attached hydrogens (tertiary/aromatic N) is 2. The molecule has 1 N–H and O–H groups in total. The lowest BCUT2D eigenvalue weighted by atomic mass is 9.46. The molecule has 2 saturated carbocycles. The van der Waals surface area contributed by atoms with E-state index in [1.165, 1.54) is 37.7 Å². The molecule has 1 aromatic rings. The number of hydrogen-bond donors (Lipinski definition) is 1. The summed E-state index contributed by atoms with van der Waals surface area (Å²) in [5.41, 5.74) is 5.89. The van der Waals surface area contributed by atoms with Crippen molar-refractivity contribution < 1.29 is 5.21 Å². The molecule has 27 heavy (non-hydrogen) atoms. The van der Waals surface area contributed by atoms with E-state index in [2.05, 4.69) is 48.3 Å². The lowest BCUT2D eigenvalue weighted by Gasteiger charge is -2.58. The zero-order chi connectivity index (χ0) is 18.6. The van der Waals surface area contributed by atoms with Gasteiger partial charge in [-0.3, -0.25) is 4.98 Å². The van der Waals surface area contributed by atoms with Crippen LogP contribution in [0.2, 0.25) is 0 Å². The maximum Gasteiger partial charge on any atom is 0.0795 e. The second-order valence-electron chi connectivity index (χ2n) is 9.65. The summed E-state index contributed by atoms with van der Waals surface area (Å²) >= 11 is 0. The highest BCUT2D eigenvalue weighted by Crippen LogP contribution is 2.66. The van der Waals surface area contributed by atoms with Crippen molar-refractivity contribution in [2.45, 2.75) is 58.8 Å². The van der Waals surface area contributed by atoms with Gasteiger partial charge in [-0.1, -0.05) is 36.7 Å². The summed E-state index contributed by atoms with van der Waals surface area (Å²) in [6, 6.07) is 4.30. The van der Waals surface area contributed by atoms with E-state index in [0.29, 0.717) is 10.8 Å². The van der Waals surface area contributed by atoms with E-state index in [1.807, 2.05) is 12.4 Å². The van der Waals surface area contributed by atoms with E-state index in [1.54, 1.807) is 11.1 Å². The van der Waals surface area contributed by atoms with Gasteiger partial charge in [0.2, 0.25) is 0 Å². The Morgan fingerprint density at radius 2 is 2.00 bits per heavy atom. The van der Waals surface area contributed by atoms with Gasteiger partial charge in [-0.05, 0) is 96.8 Å². The lowest BCUT2D eigenvalue weighted by molar-refractivity contribution is -0.0190. The number of hydrogen-bond acceptors (Lipinski definition) is 3. The van der Waals surface area contributed by atoms with Crippen LogP contribution in [0.4, 0.5) is 0 Å². The molecule has 0 saturated heterocycles. The van der Waals surface area contributed by atoms with Crippen LogP contribution in [0.25, 0.3) is 5.57 Å². The normalized spacial score (nSPS) is 42.0. The summed E-state index contributed by atoms with van der Waals surface area (Å²) in [6.45, 7) is 5.02. The molecule has 0 spiro atoms. The Balaban J connectivity index is 1.47. The van der Waals surface area contributed by atoms with Crippen molar-refractivity contribution in [1.29, 1.82) is 0 Å². The van der Waals surface area contributed by atoms with Crippen molar-refractivity contribution in [2.75, 3.05) is 0 Å². The van der Waals surface area contributed by atoms with Crippen LogP contribution in [0, 0.1) is 28.6 Å². The zero-order valence-electron chi connectivity index (χ0n) is 16.5. The minimum atomic E-state index is 0.300. The minimum absolute atomic E-state index is 0.300. The Hall–Kier alpha value is -1.90. The van der Waals surface area contributed by atoms with Gasteiger partial charge in [0.05, 0.1) is 5.71 Å². The second kappa shape index (κ2) is 6.05. The van der Waals surface area contributed by atoms with E-state index in [9.17, 15) is 5.21 Å². The van der Waals surface area contributed by atoms with Crippen molar-refractivity contribution in [2.24, 2.45) is 33.7 Å². The number of oxime groups is 1. The van der Waals surface area contributed by atoms with E-state index in [0.717, 1.165) is 36.3 Å². The molecule has 0 amide bonds. The van der Waals surface area contributed by atoms with Crippen LogP contribution >= 0.6 is 0 Å². The number of pyridine rings is 1. The molecule has 4 aliphatic rings. The Bertz CT molecular complexity index is 839. The third kappa shape index (κ3) is 2.40. The van der Waals surface area contributed by atoms with Crippen LogP contribution in [0.3, 0.4) is 0 Å². The molecule has 5 rings (SSSR count). The first-order chi connectivity index (χ1) is 13.1. The van der Waals surface area contributed by atoms with Gasteiger partial charge in [-0.15, -0.1) is 0 Å². The molecule has 5 atom stereocenters. The van der Waals surface area contributed by atoms with Crippen LogP contribution in [-0.4, -0.2) is 15.9 Å². The van der Waals surface area contributed by atoms with Crippen molar-refractivity contribution in [3.05, 3.63) is 47.8 Å². The molecule has 1 heterocycles. The van der Waals surface area contributed by atoms with E-state index in [-0.39, 0.29) is 0 Å². The minimum Gasteiger partial charge on any atom is -0.411 e. The molecule has 0 bridgehead atoms. The van der Waals surface area contributed by atoms with Gasteiger partial charge in [0, 0.05) is 12.4 Å². The second-order valence-corrected chi connectivity index (χ2v) is 9.65. The van der Waals surface area contributed by atoms with Crippen LogP contribution in [0.15, 0.2) is 47.4 Å². The predicted octanol–water partition coefficient (Wildman–Crippen LogP) is 5.87. The third-order valence-corrected chi connectivity index (χ3v) is 8.66. The average Bonchev–Trinajstić information content (AvgIpc) is 3.05. The summed E-state index contributed by atoms with van der Waals surface area (Å²) in [4.78, 5) is 4.38. The van der Waals surface area contributed by atoms with Crippen molar-refractivity contribution in [3.63, 3.8) is 0 Å². The fourth-order valence-electron chi connectivity index (χ4n) is 7.19. The largest absolute Gasteiger partial charge is 0.411 e. The van der Waals surface area contributed by atoms with Gasteiger partial charge in [0.1, 0.15) is 0 Å². The summed E-state index contributed by atoms with van der Waals surface area (Å²) in [5, 5.41) is 12.7. The first-order valence-corrected chi connectivity index (χ1v) is 10.6. The molecule has 142 valence electrons. The highest BCUT2D eigenvalue weighted by Gasteiger charge is 2.57. The van der Waals surface area contributed by atoms with Crippen molar-refractivity contribution in [3.8, 4) is 0 Å². The molecule has 4 aliphatic carbocycles. The maximum atomic E-state index is 9.22. The monoisotopic (exact) mass is 362 g/mol. The Morgan fingerprint density at radius 1 is 1.11 bits per heavy atom. The fourth-order valence-corrected chi connectivity index (χ4v) is 7.19. The summed E-state index contributed by atoms with van der Waals surface area (Å²) in [7, 11) is 0. The molecular weight excluding hydrogens is 332 g/mol. The topological polar surface area (TPSA) is 45.5 Å². The first kappa shape index (κ1) is 17.2. The van der Waals surface area contributed by atoms with Gasteiger partial charge in [0.25, 0.3) is 0 Å². The van der Waals surface area contributed by atoms with Gasteiger partial charge >= 0.3 is 0 Å². The van der Waals surface area contributed by atoms with Gasteiger partial charge in [-0.25, -0.2) is 0 Å². The predicted molar refractivity (Wildman–Crippen MR) is 109 cm³/mol. The van der Waals surface area contributed by atoms with Crippen LogP contribution in [0.5, 0.6) is 0 Å². The van der Waals surface area contributed by atoms with Crippen molar-refractivity contribution in [1.82, 2.24) is 4.98 Å². The SMILES string of the molecule is C[C@]12CC/C(=N\O)C=C1CC[C@@H]1[C@@H]2CC[C@]2(C)C(c3cccnc3)=CC[C@@H]12. The quantitative estimate of drug-likeness (QED) is 0.502. The van der Waals surface area contributed by atoms with E-state index < -0.39 is 0 Å². The zero-order valence-corrected chi connectivity index (χ0v) is 16.5. The third-order valence-electron chi connectivity index (χ3n) is 8.66. The smallest absolute Gasteiger partial charge is 0.0795 e. The van der Waals surface area contributed by atoms with E-state index >= 15 is 0 Å². The highest BCUT2D eigenvalue weighted by molar-refractivity contribution is 5.96. The van der Waals surface area contributed by atoms with Crippen molar-refractivity contribution >= 4 is 11.3 Å². The molecule has 1 aromatic heterocycles. The fraction of sp³-hybridized carbons (Fsp3) is 0.583. The molecular formula is C24H30N2O. The summed E-state index contributed by atoms with van der Waals surface area (Å²) in [6.07, 6.45) is 17.0. The highest BCUT2D eigenvalue weighted by atomic mass is 16.4. The number of allylic oxidation sites excluding steroid dienone is 4. The molecule has 0 radical (unpaired) electrons. The number of fused-ring (bicyclic) bond motifs is 5. The van der Waals surface area contributed by atoms with Crippen LogP contribution < -0.4 is 0 Å². The number of rotatable bonds is 1. The Labute approximate surface area is 162 Å². The average molecular weight is 363 g/mol. The van der Waals surface area contributed by atoms with Crippen LogP contribution in [0.1, 0.15) is 64.4 Å². The lowest BCUT2D eigenvalue weighted by Crippen LogP contribution is -2.49. The van der Waals surface area contributed by atoms with Crippen LogP contribution in [-0.2, 0) is 0 Å². The molecule has 3 heteroatoms. The van der Waals surface area contributed by atoms with Gasteiger partial charge < -0.3 is 5.21 Å². The standard InChI is InChI=1S/C24H30N2O/c1-23-11-9-18(26-27)14-17(23)5-6-19-21-8-7-20(16-4-3-13-25-15-16)24(21,2)12-10-22(19)23/h3-4,7,13-15,19,21-22,27H,5-6,8-12H2,1-2H3/b26-18+/t19-,21-,22-,23-,24+/m0/s1. The summed E-state index contributed by atoms with van der Waals surface area (Å²) in [5.74, 6) is 2.35. The van der Waals surface area contributed by atoms with E-state index in [4.69, 9.17) is 0 Å². The molecule has 0 unspecified atom stereocenters.